The Bertz CT molecular complexity index is 3210. The Hall–Kier alpha value is -7.67. The number of nitrogens with zero attached hydrogens (tertiary/aromatic N) is 4. The largest absolute Gasteiger partial charge is 0.497 e. The number of fused-ring (bicyclic) bond motifs is 1. The molecule has 3 heterocycles. The maximum atomic E-state index is 14.9. The molecule has 3 amide bonds. The number of ether oxygens (including phenoxy) is 10. The van der Waals surface area contributed by atoms with E-state index in [4.69, 9.17) is 51.8 Å². The highest BCUT2D eigenvalue weighted by atomic mass is 28.4. The molecule has 1 N–H and O–H groups in total. The van der Waals surface area contributed by atoms with Crippen LogP contribution in [0.3, 0.4) is 0 Å². The molecule has 6 aromatic carbocycles. The third-order valence-corrected chi connectivity index (χ3v) is 20.5. The fourth-order valence-corrected chi connectivity index (χ4v) is 15.8. The van der Waals surface area contributed by atoms with Gasteiger partial charge in [0.05, 0.1) is 83.7 Å². The van der Waals surface area contributed by atoms with Crippen LogP contribution in [-0.4, -0.2) is 140 Å². The normalized spacial score (nSPS) is 23.3. The maximum Gasteiger partial charge on any atom is 0.471 e. The van der Waals surface area contributed by atoms with E-state index in [0.29, 0.717) is 33.9 Å². The molecule has 86 heavy (non-hydrogen) atoms. The van der Waals surface area contributed by atoms with Crippen LogP contribution < -0.4 is 29.9 Å². The summed E-state index contributed by atoms with van der Waals surface area (Å²) in [7, 11) is 2.37. The minimum atomic E-state index is -5.48. The van der Waals surface area contributed by atoms with Gasteiger partial charge in [0, 0.05) is 12.0 Å². The number of imide groups is 1. The lowest BCUT2D eigenvalue weighted by atomic mass is 9.92. The summed E-state index contributed by atoms with van der Waals surface area (Å²) in [5, 5.41) is 7.58. The number of alkyl halides is 3. The lowest BCUT2D eigenvalue weighted by molar-refractivity contribution is -0.325. The van der Waals surface area contributed by atoms with Crippen molar-refractivity contribution in [2.75, 3.05) is 41.7 Å². The number of halogens is 3. The first-order valence-corrected chi connectivity index (χ1v) is 29.7. The molecule has 0 spiro atoms. The van der Waals surface area contributed by atoms with Crippen LogP contribution in [0.2, 0.25) is 5.04 Å². The van der Waals surface area contributed by atoms with E-state index in [-0.39, 0.29) is 44.2 Å². The fraction of sp³-hybridized carbons (Fsp3) is 0.381. The van der Waals surface area contributed by atoms with Gasteiger partial charge in [-0.05, 0) is 86.2 Å². The number of amides is 3. The Morgan fingerprint density at radius 1 is 0.616 bits per heavy atom. The van der Waals surface area contributed by atoms with Gasteiger partial charge in [-0.15, -0.1) is 0 Å². The molecule has 2 saturated heterocycles. The average molecular weight is 1200 g/mol. The smallest absolute Gasteiger partial charge is 0.471 e. The number of rotatable bonds is 24. The lowest BCUT2D eigenvalue weighted by Crippen LogP contribution is -2.71. The zero-order chi connectivity index (χ0) is 61.2. The number of azide groups is 1. The van der Waals surface area contributed by atoms with Crippen LogP contribution in [0.1, 0.15) is 58.2 Å². The van der Waals surface area contributed by atoms with Crippen molar-refractivity contribution in [3.8, 4) is 17.2 Å². The van der Waals surface area contributed by atoms with Crippen molar-refractivity contribution >= 4 is 36.4 Å². The van der Waals surface area contributed by atoms with Gasteiger partial charge in [-0.25, -0.2) is 0 Å². The first-order valence-electron chi connectivity index (χ1n) is 27.8. The molecule has 10 atom stereocenters. The summed E-state index contributed by atoms with van der Waals surface area (Å²) >= 11 is 0. The fourth-order valence-electron chi connectivity index (χ4n) is 11.2. The molecule has 454 valence electrons. The van der Waals surface area contributed by atoms with Gasteiger partial charge in [-0.1, -0.05) is 135 Å². The highest BCUT2D eigenvalue weighted by molar-refractivity contribution is 6.99. The lowest BCUT2D eigenvalue weighted by Gasteiger charge is -2.51. The predicted molar refractivity (Wildman–Crippen MR) is 310 cm³/mol. The standard InChI is InChI=1S/C63H68F3N5O14Si/c1-62(2,3)86(45-16-10-8-11-17-45,46-18-12-9-13-19-46)82-38-49-51(69-70-67)55(53(60(78-7)83-49)71-57(72)47-20-14-15-21-48(47)58(71)73)85-59-52(68-61(74)63(64,65)66)56(81-36-41-26-32-44(77-6)33-27-41)54(80-35-40-24-30-43(76-5)31-25-40)50(84-59)37-79-34-39-22-28-42(75-4)29-23-39/h8-33,49-56,59-60H,34-38H2,1-7H3,(H,68,74)/t49?,50?,51-,52?,53?,54+,55-,56+,59-,60+/m0/s1. The molecular formula is C63H68F3N5O14Si. The Morgan fingerprint density at radius 2 is 1.08 bits per heavy atom. The van der Waals surface area contributed by atoms with Crippen LogP contribution >= 0.6 is 0 Å². The minimum Gasteiger partial charge on any atom is -0.497 e. The van der Waals surface area contributed by atoms with Crippen molar-refractivity contribution in [2.24, 2.45) is 5.11 Å². The van der Waals surface area contributed by atoms with E-state index >= 15 is 0 Å². The van der Waals surface area contributed by atoms with Crippen molar-refractivity contribution in [1.29, 1.82) is 0 Å². The van der Waals surface area contributed by atoms with Gasteiger partial charge < -0.3 is 57.1 Å². The van der Waals surface area contributed by atoms with Crippen molar-refractivity contribution in [3.05, 3.63) is 196 Å². The molecule has 2 fully saturated rings. The topological polar surface area (TPSA) is 217 Å². The van der Waals surface area contributed by atoms with E-state index in [0.717, 1.165) is 15.3 Å². The van der Waals surface area contributed by atoms with E-state index in [1.807, 2.05) is 60.7 Å². The van der Waals surface area contributed by atoms with Gasteiger partial charge in [0.1, 0.15) is 47.6 Å². The molecular weight excluding hydrogens is 1140 g/mol. The zero-order valence-corrected chi connectivity index (χ0v) is 49.5. The van der Waals surface area contributed by atoms with Gasteiger partial charge in [0.15, 0.2) is 12.6 Å². The third-order valence-electron chi connectivity index (χ3n) is 15.5. The Balaban J connectivity index is 1.19. The summed E-state index contributed by atoms with van der Waals surface area (Å²) in [5.41, 5.74) is 12.6. The SMILES string of the molecule is COc1ccc(COCC2O[C@@H](O[C@@H]3C(N4C(=O)c5ccccc5C4=O)[C@H](OC)OC(CO[Si](c4ccccc4)(c4ccccc4)C(C)(C)C)[C@@H]3N=[N+]=[N-])C(NC(=O)C(F)(F)F)[C@@H](OCc3ccc(OC)cc3)[C@@H]2OCc2ccc(OC)cc2)cc1. The van der Waals surface area contributed by atoms with Crippen LogP contribution in [0.5, 0.6) is 17.2 Å². The highest BCUT2D eigenvalue weighted by Gasteiger charge is 2.59. The van der Waals surface area contributed by atoms with Crippen molar-refractivity contribution < 1.29 is 79.3 Å². The molecule has 6 aromatic rings. The Labute approximate surface area is 497 Å². The highest BCUT2D eigenvalue weighted by Crippen LogP contribution is 2.41. The van der Waals surface area contributed by atoms with Gasteiger partial charge in [-0.3, -0.25) is 19.3 Å². The second kappa shape index (κ2) is 27.8. The molecule has 3 aliphatic rings. The molecule has 0 aliphatic carbocycles. The molecule has 0 bridgehead atoms. The zero-order valence-electron chi connectivity index (χ0n) is 48.5. The maximum absolute atomic E-state index is 14.9. The predicted octanol–water partition coefficient (Wildman–Crippen LogP) is 8.85. The number of nitrogens with one attached hydrogen (secondary N) is 1. The van der Waals surface area contributed by atoms with Crippen LogP contribution in [0, 0.1) is 0 Å². The average Bonchev–Trinajstić information content (AvgIpc) is 1.29. The van der Waals surface area contributed by atoms with E-state index in [1.165, 1.54) is 40.6 Å². The van der Waals surface area contributed by atoms with Gasteiger partial charge in [-0.2, -0.15) is 13.2 Å². The molecule has 19 nitrogen and oxygen atoms in total. The number of methoxy groups -OCH3 is 4. The van der Waals surface area contributed by atoms with E-state index < -0.39 is 98.5 Å². The van der Waals surface area contributed by atoms with Crippen molar-refractivity contribution in [3.63, 3.8) is 0 Å². The van der Waals surface area contributed by atoms with Gasteiger partial charge in [0.2, 0.25) is 0 Å². The first kappa shape index (κ1) is 62.8. The molecule has 0 saturated carbocycles. The van der Waals surface area contributed by atoms with Gasteiger partial charge in [0.25, 0.3) is 20.1 Å². The van der Waals surface area contributed by atoms with E-state index in [9.17, 15) is 33.1 Å². The van der Waals surface area contributed by atoms with Gasteiger partial charge >= 0.3 is 12.1 Å². The summed E-state index contributed by atoms with van der Waals surface area (Å²) < 4.78 is 115. The summed E-state index contributed by atoms with van der Waals surface area (Å²) in [6.07, 6.45) is -16.5. The number of carbonyl (C=O) groups excluding carboxylic acids is 3. The van der Waals surface area contributed by atoms with E-state index in [1.54, 1.807) is 84.9 Å². The molecule has 0 aromatic heterocycles. The quantitative estimate of drug-likeness (QED) is 0.0197. The second-order valence-electron chi connectivity index (χ2n) is 21.7. The van der Waals surface area contributed by atoms with Crippen molar-refractivity contribution in [2.45, 2.75) is 113 Å². The third kappa shape index (κ3) is 13.8. The number of benzene rings is 6. The first-order chi connectivity index (χ1) is 41.4. The molecule has 9 rings (SSSR count). The summed E-state index contributed by atoms with van der Waals surface area (Å²) in [6.45, 7) is 5.08. The molecule has 23 heteroatoms. The molecule has 3 aliphatic heterocycles. The number of hydrogen-bond acceptors (Lipinski definition) is 15. The summed E-state index contributed by atoms with van der Waals surface area (Å²) in [4.78, 5) is 47.3. The Kier molecular flexibility index (Phi) is 20.3. The van der Waals surface area contributed by atoms with Crippen molar-refractivity contribution in [1.82, 2.24) is 10.2 Å². The summed E-state index contributed by atoms with van der Waals surface area (Å²) in [6, 6.07) is 40.8. The summed E-state index contributed by atoms with van der Waals surface area (Å²) in [5.74, 6) is -2.35. The molecule has 4 unspecified atom stereocenters. The van der Waals surface area contributed by atoms with Crippen LogP contribution in [0.4, 0.5) is 13.2 Å². The Morgan fingerprint density at radius 3 is 1.53 bits per heavy atom. The monoisotopic (exact) mass is 1200 g/mol. The number of carbonyl (C=O) groups is 3. The van der Waals surface area contributed by atoms with E-state index in [2.05, 4.69) is 36.1 Å². The second-order valence-corrected chi connectivity index (χ2v) is 26.0. The molecule has 0 radical (unpaired) electrons. The minimum absolute atomic E-state index is 0.00451. The van der Waals surface area contributed by atoms with Crippen LogP contribution in [0.25, 0.3) is 10.4 Å². The van der Waals surface area contributed by atoms with Crippen LogP contribution in [-0.2, 0) is 62.2 Å². The number of hydrogen-bond donors (Lipinski definition) is 1. The van der Waals surface area contributed by atoms with Crippen LogP contribution in [0.15, 0.2) is 163 Å².